The van der Waals surface area contributed by atoms with Gasteiger partial charge in [0.2, 0.25) is 0 Å². The molecule has 98 valence electrons. The molecule has 2 aromatic carbocycles. The minimum Gasteiger partial charge on any atom is -0.289 e. The molecule has 0 amide bonds. The van der Waals surface area contributed by atoms with E-state index in [0.717, 1.165) is 20.8 Å². The number of hydrogen-bond acceptors (Lipinski definition) is 2. The first kappa shape index (κ1) is 13.0. The van der Waals surface area contributed by atoms with Gasteiger partial charge in [0, 0.05) is 33.4 Å². The van der Waals surface area contributed by atoms with Crippen LogP contribution in [0.25, 0.3) is 10.8 Å². The van der Waals surface area contributed by atoms with Crippen molar-refractivity contribution in [3.05, 3.63) is 76.0 Å². The van der Waals surface area contributed by atoms with Crippen molar-refractivity contribution in [2.45, 2.75) is 6.92 Å². The molecule has 0 aliphatic carbocycles. The lowest BCUT2D eigenvalue weighted by Crippen LogP contribution is -2.04. The summed E-state index contributed by atoms with van der Waals surface area (Å²) in [6.45, 7) is 1.98. The van der Waals surface area contributed by atoms with Gasteiger partial charge in [0.15, 0.2) is 5.78 Å². The molecular formula is C17H12BrNO. The minimum absolute atomic E-state index is 0.0253. The van der Waals surface area contributed by atoms with E-state index >= 15 is 0 Å². The second-order valence-corrected chi connectivity index (χ2v) is 5.46. The van der Waals surface area contributed by atoms with Gasteiger partial charge in [0.05, 0.1) is 0 Å². The fraction of sp³-hybridized carbons (Fsp3) is 0.0588. The molecule has 0 atom stereocenters. The number of pyridine rings is 1. The summed E-state index contributed by atoms with van der Waals surface area (Å²) in [7, 11) is 0. The number of aromatic nitrogens is 1. The molecule has 0 radical (unpaired) electrons. The van der Waals surface area contributed by atoms with E-state index in [1.54, 1.807) is 12.4 Å². The zero-order chi connectivity index (χ0) is 14.1. The number of aryl methyl sites for hydroxylation is 1. The van der Waals surface area contributed by atoms with Crippen molar-refractivity contribution in [2.24, 2.45) is 0 Å². The van der Waals surface area contributed by atoms with Crippen LogP contribution in [0.5, 0.6) is 0 Å². The second kappa shape index (κ2) is 5.17. The number of nitrogens with zero attached hydrogens (tertiary/aromatic N) is 1. The number of halogens is 1. The standard InChI is InChI=1S/C17H12BrNO/c1-11-4-2-7-15(16(11)18)17(20)14-6-3-5-12-10-19-9-8-13(12)14/h2-10H,1H3. The van der Waals surface area contributed by atoms with Crippen LogP contribution in [0.3, 0.4) is 0 Å². The summed E-state index contributed by atoms with van der Waals surface area (Å²) in [5.41, 5.74) is 2.45. The normalized spacial score (nSPS) is 10.7. The van der Waals surface area contributed by atoms with E-state index in [1.165, 1.54) is 0 Å². The fourth-order valence-electron chi connectivity index (χ4n) is 2.29. The van der Waals surface area contributed by atoms with Crippen molar-refractivity contribution in [2.75, 3.05) is 0 Å². The van der Waals surface area contributed by atoms with Crippen LogP contribution in [0.15, 0.2) is 59.3 Å². The highest BCUT2D eigenvalue weighted by Crippen LogP contribution is 2.26. The van der Waals surface area contributed by atoms with E-state index < -0.39 is 0 Å². The Labute approximate surface area is 125 Å². The fourth-order valence-corrected chi connectivity index (χ4v) is 2.73. The molecule has 0 saturated heterocycles. The van der Waals surface area contributed by atoms with Crippen molar-refractivity contribution in [3.8, 4) is 0 Å². The average Bonchev–Trinajstić information content (AvgIpc) is 2.49. The van der Waals surface area contributed by atoms with Crippen LogP contribution < -0.4 is 0 Å². The molecule has 0 aliphatic heterocycles. The maximum Gasteiger partial charge on any atom is 0.194 e. The molecule has 0 saturated carbocycles. The van der Waals surface area contributed by atoms with Crippen LogP contribution >= 0.6 is 15.9 Å². The summed E-state index contributed by atoms with van der Waals surface area (Å²) in [6.07, 6.45) is 3.49. The van der Waals surface area contributed by atoms with E-state index in [4.69, 9.17) is 0 Å². The molecule has 3 rings (SSSR count). The van der Waals surface area contributed by atoms with Gasteiger partial charge in [-0.3, -0.25) is 9.78 Å². The number of carbonyl (C=O) groups is 1. The lowest BCUT2D eigenvalue weighted by molar-refractivity contribution is 0.103. The van der Waals surface area contributed by atoms with Gasteiger partial charge in [0.25, 0.3) is 0 Å². The second-order valence-electron chi connectivity index (χ2n) is 4.67. The molecule has 2 nitrogen and oxygen atoms in total. The van der Waals surface area contributed by atoms with Gasteiger partial charge in [-0.1, -0.05) is 30.3 Å². The van der Waals surface area contributed by atoms with Crippen LogP contribution in [-0.2, 0) is 0 Å². The van der Waals surface area contributed by atoms with E-state index in [9.17, 15) is 4.79 Å². The van der Waals surface area contributed by atoms with Crippen molar-refractivity contribution in [3.63, 3.8) is 0 Å². The molecule has 0 unspecified atom stereocenters. The number of ketones is 1. The van der Waals surface area contributed by atoms with Gasteiger partial charge in [0.1, 0.15) is 0 Å². The molecule has 0 N–H and O–H groups in total. The van der Waals surface area contributed by atoms with Crippen molar-refractivity contribution < 1.29 is 4.79 Å². The predicted molar refractivity (Wildman–Crippen MR) is 84.1 cm³/mol. The van der Waals surface area contributed by atoms with Crippen molar-refractivity contribution in [1.82, 2.24) is 4.98 Å². The first-order chi connectivity index (χ1) is 9.68. The minimum atomic E-state index is 0.0253. The number of benzene rings is 2. The van der Waals surface area contributed by atoms with E-state index in [2.05, 4.69) is 20.9 Å². The highest BCUT2D eigenvalue weighted by Gasteiger charge is 2.15. The Morgan fingerprint density at radius 1 is 1.05 bits per heavy atom. The summed E-state index contributed by atoms with van der Waals surface area (Å²) in [5.74, 6) is 0.0253. The van der Waals surface area contributed by atoms with Gasteiger partial charge in [-0.2, -0.15) is 0 Å². The summed E-state index contributed by atoms with van der Waals surface area (Å²) in [6, 6.07) is 13.3. The molecule has 0 spiro atoms. The predicted octanol–water partition coefficient (Wildman–Crippen LogP) is 4.54. The summed E-state index contributed by atoms with van der Waals surface area (Å²) >= 11 is 3.51. The van der Waals surface area contributed by atoms with Gasteiger partial charge < -0.3 is 0 Å². The third-order valence-corrected chi connectivity index (χ3v) is 4.41. The lowest BCUT2D eigenvalue weighted by Gasteiger charge is -2.08. The smallest absolute Gasteiger partial charge is 0.194 e. The maximum atomic E-state index is 12.8. The molecule has 3 heteroatoms. The zero-order valence-electron chi connectivity index (χ0n) is 10.9. The van der Waals surface area contributed by atoms with Crippen molar-refractivity contribution >= 4 is 32.5 Å². The Kier molecular flexibility index (Phi) is 3.36. The third kappa shape index (κ3) is 2.14. The quantitative estimate of drug-likeness (QED) is 0.647. The Balaban J connectivity index is 2.21. The molecule has 1 aromatic heterocycles. The molecular weight excluding hydrogens is 314 g/mol. The Morgan fingerprint density at radius 3 is 2.65 bits per heavy atom. The van der Waals surface area contributed by atoms with Gasteiger partial charge in [-0.05, 0) is 45.9 Å². The van der Waals surface area contributed by atoms with E-state index in [1.807, 2.05) is 49.4 Å². The van der Waals surface area contributed by atoms with Gasteiger partial charge >= 0.3 is 0 Å². The average molecular weight is 326 g/mol. The number of hydrogen-bond donors (Lipinski definition) is 0. The maximum absolute atomic E-state index is 12.8. The third-order valence-electron chi connectivity index (χ3n) is 3.36. The first-order valence-electron chi connectivity index (χ1n) is 6.31. The Bertz CT molecular complexity index is 806. The summed E-state index contributed by atoms with van der Waals surface area (Å²) in [4.78, 5) is 16.9. The monoisotopic (exact) mass is 325 g/mol. The Morgan fingerprint density at radius 2 is 1.80 bits per heavy atom. The van der Waals surface area contributed by atoms with Crippen LogP contribution in [0.1, 0.15) is 21.5 Å². The Hall–Kier alpha value is -2.00. The van der Waals surface area contributed by atoms with Crippen LogP contribution in [0.4, 0.5) is 0 Å². The highest BCUT2D eigenvalue weighted by atomic mass is 79.9. The number of rotatable bonds is 2. The number of carbonyl (C=O) groups excluding carboxylic acids is 1. The molecule has 1 heterocycles. The van der Waals surface area contributed by atoms with E-state index in [0.29, 0.717) is 11.1 Å². The molecule has 0 aliphatic rings. The SMILES string of the molecule is Cc1cccc(C(=O)c2cccc3cnccc23)c1Br. The largest absolute Gasteiger partial charge is 0.289 e. The number of fused-ring (bicyclic) bond motifs is 1. The summed E-state index contributed by atoms with van der Waals surface area (Å²) in [5, 5.41) is 1.91. The zero-order valence-corrected chi connectivity index (χ0v) is 12.5. The highest BCUT2D eigenvalue weighted by molar-refractivity contribution is 9.10. The molecule has 20 heavy (non-hydrogen) atoms. The molecule has 3 aromatic rings. The van der Waals surface area contributed by atoms with Crippen molar-refractivity contribution in [1.29, 1.82) is 0 Å². The van der Waals surface area contributed by atoms with Gasteiger partial charge in [-0.25, -0.2) is 0 Å². The molecule has 0 fully saturated rings. The van der Waals surface area contributed by atoms with Crippen LogP contribution in [0.2, 0.25) is 0 Å². The lowest BCUT2D eigenvalue weighted by atomic mass is 9.97. The van der Waals surface area contributed by atoms with Crippen LogP contribution in [0, 0.1) is 6.92 Å². The first-order valence-corrected chi connectivity index (χ1v) is 7.10. The van der Waals surface area contributed by atoms with E-state index in [-0.39, 0.29) is 5.78 Å². The van der Waals surface area contributed by atoms with Gasteiger partial charge in [-0.15, -0.1) is 0 Å². The molecule has 0 bridgehead atoms. The van der Waals surface area contributed by atoms with Crippen LogP contribution in [-0.4, -0.2) is 10.8 Å². The topological polar surface area (TPSA) is 30.0 Å². The summed E-state index contributed by atoms with van der Waals surface area (Å²) < 4.78 is 0.857.